The van der Waals surface area contributed by atoms with Crippen LogP contribution >= 0.6 is 0 Å². The lowest BCUT2D eigenvalue weighted by molar-refractivity contribution is -0.912. The summed E-state index contributed by atoms with van der Waals surface area (Å²) in [6, 6.07) is 8.29. The van der Waals surface area contributed by atoms with Crippen molar-refractivity contribution in [2.24, 2.45) is 0 Å². The number of hydrogen-bond acceptors (Lipinski definition) is 3. The molecule has 0 saturated carbocycles. The SMILES string of the molecule is C[N+]1(COS(=O)(=O)c2ccccc2)CCCC1. The van der Waals surface area contributed by atoms with Crippen LogP contribution in [0.15, 0.2) is 35.2 Å². The Bertz CT molecular complexity index is 464. The standard InChI is InChI=1S/C12H18NO3S/c1-13(9-5-6-10-13)11-16-17(14,15)12-7-3-2-4-8-12/h2-4,7-8H,5-6,9-11H2,1H3/q+1. The lowest BCUT2D eigenvalue weighted by Crippen LogP contribution is -2.43. The quantitative estimate of drug-likeness (QED) is 0.607. The Morgan fingerprint density at radius 3 is 2.35 bits per heavy atom. The molecule has 94 valence electrons. The average Bonchev–Trinajstić information content (AvgIpc) is 2.76. The highest BCUT2D eigenvalue weighted by Gasteiger charge is 2.29. The Kier molecular flexibility index (Phi) is 3.51. The summed E-state index contributed by atoms with van der Waals surface area (Å²) in [4.78, 5) is 0.228. The molecule has 0 amide bonds. The minimum Gasteiger partial charge on any atom is -0.302 e. The normalized spacial score (nSPS) is 19.4. The fraction of sp³-hybridized carbons (Fsp3) is 0.500. The zero-order valence-corrected chi connectivity index (χ0v) is 10.8. The molecule has 0 aromatic heterocycles. The second-order valence-electron chi connectivity index (χ2n) is 4.79. The smallest absolute Gasteiger partial charge is 0.301 e. The van der Waals surface area contributed by atoms with E-state index >= 15 is 0 Å². The lowest BCUT2D eigenvalue weighted by Gasteiger charge is -2.27. The Labute approximate surface area is 103 Å². The molecule has 0 radical (unpaired) electrons. The predicted molar refractivity (Wildman–Crippen MR) is 64.7 cm³/mol. The highest BCUT2D eigenvalue weighted by molar-refractivity contribution is 7.86. The van der Waals surface area contributed by atoms with E-state index in [1.165, 1.54) is 0 Å². The van der Waals surface area contributed by atoms with Crippen LogP contribution in [-0.2, 0) is 14.3 Å². The van der Waals surface area contributed by atoms with Crippen LogP contribution in [0, 0.1) is 0 Å². The molecule has 0 spiro atoms. The zero-order valence-electron chi connectivity index (χ0n) is 10.0. The third kappa shape index (κ3) is 3.06. The third-order valence-electron chi connectivity index (χ3n) is 3.20. The second-order valence-corrected chi connectivity index (χ2v) is 6.40. The van der Waals surface area contributed by atoms with Crippen LogP contribution in [0.3, 0.4) is 0 Å². The van der Waals surface area contributed by atoms with Crippen LogP contribution in [0.2, 0.25) is 0 Å². The summed E-state index contributed by atoms with van der Waals surface area (Å²) in [5.74, 6) is 0. The summed E-state index contributed by atoms with van der Waals surface area (Å²) in [5, 5.41) is 0. The first-order chi connectivity index (χ1) is 8.02. The maximum absolute atomic E-state index is 11.9. The van der Waals surface area contributed by atoms with Crippen molar-refractivity contribution in [3.05, 3.63) is 30.3 Å². The van der Waals surface area contributed by atoms with Crippen molar-refractivity contribution in [1.29, 1.82) is 0 Å². The molecule has 0 aliphatic carbocycles. The van der Waals surface area contributed by atoms with Crippen LogP contribution in [0.4, 0.5) is 0 Å². The van der Waals surface area contributed by atoms with Crippen molar-refractivity contribution < 1.29 is 17.1 Å². The fourth-order valence-electron chi connectivity index (χ4n) is 2.08. The zero-order chi connectivity index (χ0) is 12.4. The Balaban J connectivity index is 2.04. The maximum atomic E-state index is 11.9. The predicted octanol–water partition coefficient (Wildman–Crippen LogP) is 1.59. The monoisotopic (exact) mass is 256 g/mol. The molecule has 1 aromatic rings. The van der Waals surface area contributed by atoms with Gasteiger partial charge in [0, 0.05) is 12.8 Å². The Hall–Kier alpha value is -0.910. The van der Waals surface area contributed by atoms with Crippen LogP contribution in [0.25, 0.3) is 0 Å². The first-order valence-electron chi connectivity index (χ1n) is 5.80. The number of nitrogens with zero attached hydrogens (tertiary/aromatic N) is 1. The van der Waals surface area contributed by atoms with Gasteiger partial charge in [0.1, 0.15) is 0 Å². The first-order valence-corrected chi connectivity index (χ1v) is 7.21. The minimum atomic E-state index is -3.60. The summed E-state index contributed by atoms with van der Waals surface area (Å²) < 4.78 is 29.6. The van der Waals surface area contributed by atoms with Crippen LogP contribution in [0.1, 0.15) is 12.8 Å². The molecule has 0 N–H and O–H groups in total. The van der Waals surface area contributed by atoms with Crippen LogP contribution in [0.5, 0.6) is 0 Å². The van der Waals surface area contributed by atoms with Gasteiger partial charge in [-0.15, -0.1) is 0 Å². The molecule has 0 bridgehead atoms. The van der Waals surface area contributed by atoms with E-state index in [2.05, 4.69) is 0 Å². The van der Waals surface area contributed by atoms with Gasteiger partial charge in [0.15, 0.2) is 0 Å². The molecule has 2 rings (SSSR count). The molecule has 5 heteroatoms. The van der Waals surface area contributed by atoms with Crippen molar-refractivity contribution in [3.8, 4) is 0 Å². The van der Waals surface area contributed by atoms with Gasteiger partial charge in [0.05, 0.1) is 25.0 Å². The lowest BCUT2D eigenvalue weighted by atomic mass is 10.4. The Morgan fingerprint density at radius 2 is 1.76 bits per heavy atom. The molecule has 1 aliphatic heterocycles. The summed E-state index contributed by atoms with van der Waals surface area (Å²) >= 11 is 0. The van der Waals surface area contributed by atoms with Gasteiger partial charge in [-0.1, -0.05) is 18.2 Å². The fourth-order valence-corrected chi connectivity index (χ4v) is 3.10. The van der Waals surface area contributed by atoms with E-state index < -0.39 is 10.1 Å². The second kappa shape index (κ2) is 4.76. The largest absolute Gasteiger partial charge is 0.302 e. The minimum absolute atomic E-state index is 0.228. The number of benzene rings is 1. The van der Waals surface area contributed by atoms with Gasteiger partial charge in [0.2, 0.25) is 6.73 Å². The van der Waals surface area contributed by atoms with E-state index in [1.807, 2.05) is 7.05 Å². The molecule has 1 saturated heterocycles. The Morgan fingerprint density at radius 1 is 1.18 bits per heavy atom. The number of quaternary nitrogens is 1. The van der Waals surface area contributed by atoms with Gasteiger partial charge in [-0.25, -0.2) is 4.18 Å². The van der Waals surface area contributed by atoms with E-state index in [1.54, 1.807) is 30.3 Å². The van der Waals surface area contributed by atoms with E-state index in [4.69, 9.17) is 4.18 Å². The topological polar surface area (TPSA) is 43.4 Å². The molecule has 1 aliphatic rings. The average molecular weight is 256 g/mol. The van der Waals surface area contributed by atoms with Gasteiger partial charge in [-0.2, -0.15) is 8.42 Å². The van der Waals surface area contributed by atoms with E-state index in [0.717, 1.165) is 25.9 Å². The highest BCUT2D eigenvalue weighted by atomic mass is 32.2. The summed E-state index contributed by atoms with van der Waals surface area (Å²) in [5.41, 5.74) is 0. The summed E-state index contributed by atoms with van der Waals surface area (Å²) in [6.45, 7) is 2.21. The van der Waals surface area contributed by atoms with Gasteiger partial charge in [-0.05, 0) is 12.1 Å². The summed E-state index contributed by atoms with van der Waals surface area (Å²) in [7, 11) is -1.57. The van der Waals surface area contributed by atoms with Gasteiger partial charge >= 0.3 is 10.1 Å². The molecular formula is C12H18NO3S+. The molecular weight excluding hydrogens is 238 g/mol. The third-order valence-corrected chi connectivity index (χ3v) is 4.46. The molecule has 17 heavy (non-hydrogen) atoms. The van der Waals surface area contributed by atoms with Crippen molar-refractivity contribution in [2.75, 3.05) is 26.9 Å². The number of likely N-dealkylation sites (tertiary alicyclic amines) is 1. The van der Waals surface area contributed by atoms with Crippen molar-refractivity contribution >= 4 is 10.1 Å². The molecule has 0 unspecified atom stereocenters. The van der Waals surface area contributed by atoms with Gasteiger partial charge < -0.3 is 4.48 Å². The van der Waals surface area contributed by atoms with Crippen LogP contribution < -0.4 is 0 Å². The molecule has 4 nitrogen and oxygen atoms in total. The highest BCUT2D eigenvalue weighted by Crippen LogP contribution is 2.19. The molecule has 0 atom stereocenters. The number of rotatable bonds is 4. The van der Waals surface area contributed by atoms with Crippen LogP contribution in [-0.4, -0.2) is 39.8 Å². The van der Waals surface area contributed by atoms with E-state index in [-0.39, 0.29) is 11.6 Å². The van der Waals surface area contributed by atoms with E-state index in [0.29, 0.717) is 4.48 Å². The molecule has 1 aromatic carbocycles. The van der Waals surface area contributed by atoms with Crippen molar-refractivity contribution in [3.63, 3.8) is 0 Å². The van der Waals surface area contributed by atoms with Crippen molar-refractivity contribution in [1.82, 2.24) is 0 Å². The molecule has 1 heterocycles. The maximum Gasteiger partial charge on any atom is 0.301 e. The van der Waals surface area contributed by atoms with Crippen molar-refractivity contribution in [2.45, 2.75) is 17.7 Å². The summed E-state index contributed by atoms with van der Waals surface area (Å²) in [6.07, 6.45) is 2.29. The molecule has 1 fully saturated rings. The first kappa shape index (κ1) is 12.5. The van der Waals surface area contributed by atoms with Gasteiger partial charge in [-0.3, -0.25) is 0 Å². The van der Waals surface area contributed by atoms with E-state index in [9.17, 15) is 8.42 Å². The van der Waals surface area contributed by atoms with Gasteiger partial charge in [0.25, 0.3) is 0 Å². The number of hydrogen-bond donors (Lipinski definition) is 0.